The maximum atomic E-state index is 5.71. The highest BCUT2D eigenvalue weighted by Gasteiger charge is 2.49. The maximum absolute atomic E-state index is 5.71. The number of rotatable bonds is 3. The van der Waals surface area contributed by atoms with Gasteiger partial charge in [-0.3, -0.25) is 4.90 Å². The third-order valence-corrected chi connectivity index (χ3v) is 6.10. The van der Waals surface area contributed by atoms with Crippen molar-refractivity contribution in [3.8, 4) is 5.75 Å². The highest BCUT2D eigenvalue weighted by molar-refractivity contribution is 5.87. The Balaban J connectivity index is 1.70. The lowest BCUT2D eigenvalue weighted by Crippen LogP contribution is -2.34. The Bertz CT molecular complexity index is 766. The SMILES string of the molecule is COc1ccc2ccccc2c1CN1C[C@]2(C)C[C@H]1CC(C)(C)C2. The lowest BCUT2D eigenvalue weighted by molar-refractivity contribution is 0.126. The molecule has 2 nitrogen and oxygen atoms in total. The first-order chi connectivity index (χ1) is 11.4. The molecular formula is C22H29NO. The molecule has 1 saturated carbocycles. The van der Waals surface area contributed by atoms with Gasteiger partial charge >= 0.3 is 0 Å². The fraction of sp³-hybridized carbons (Fsp3) is 0.545. The van der Waals surface area contributed by atoms with Gasteiger partial charge in [0.1, 0.15) is 5.75 Å². The molecule has 0 spiro atoms. The van der Waals surface area contributed by atoms with Crippen LogP contribution in [-0.4, -0.2) is 24.6 Å². The van der Waals surface area contributed by atoms with E-state index in [1.807, 2.05) is 0 Å². The average molecular weight is 323 g/mol. The van der Waals surface area contributed by atoms with Crippen LogP contribution in [0.3, 0.4) is 0 Å². The van der Waals surface area contributed by atoms with E-state index in [1.165, 1.54) is 42.1 Å². The number of likely N-dealkylation sites (tertiary alicyclic amines) is 1. The summed E-state index contributed by atoms with van der Waals surface area (Å²) in [5, 5.41) is 2.64. The lowest BCUT2D eigenvalue weighted by Gasteiger charge is -2.40. The van der Waals surface area contributed by atoms with Gasteiger partial charge in [0.2, 0.25) is 0 Å². The quantitative estimate of drug-likeness (QED) is 0.765. The second-order valence-corrected chi connectivity index (χ2v) is 9.09. The molecule has 0 unspecified atom stereocenters. The van der Waals surface area contributed by atoms with Crippen LogP contribution >= 0.6 is 0 Å². The molecule has 2 heteroatoms. The number of nitrogens with zero attached hydrogens (tertiary/aromatic N) is 1. The van der Waals surface area contributed by atoms with E-state index in [9.17, 15) is 0 Å². The van der Waals surface area contributed by atoms with Gasteiger partial charge in [-0.1, -0.05) is 51.1 Å². The largest absolute Gasteiger partial charge is 0.496 e. The molecule has 0 radical (unpaired) electrons. The zero-order chi connectivity index (χ0) is 16.9. The van der Waals surface area contributed by atoms with Gasteiger partial charge in [0.05, 0.1) is 7.11 Å². The summed E-state index contributed by atoms with van der Waals surface area (Å²) in [7, 11) is 1.79. The molecule has 24 heavy (non-hydrogen) atoms. The zero-order valence-corrected chi connectivity index (χ0v) is 15.4. The highest BCUT2D eigenvalue weighted by Crippen LogP contribution is 2.53. The number of fused-ring (bicyclic) bond motifs is 3. The van der Waals surface area contributed by atoms with Crippen LogP contribution in [0.15, 0.2) is 36.4 Å². The van der Waals surface area contributed by atoms with Gasteiger partial charge in [0, 0.05) is 24.7 Å². The first-order valence-electron chi connectivity index (χ1n) is 9.18. The highest BCUT2D eigenvalue weighted by atomic mass is 16.5. The molecule has 1 saturated heterocycles. The molecule has 0 amide bonds. The van der Waals surface area contributed by atoms with Crippen molar-refractivity contribution in [1.82, 2.24) is 4.90 Å². The number of benzene rings is 2. The topological polar surface area (TPSA) is 12.5 Å². The summed E-state index contributed by atoms with van der Waals surface area (Å²) in [6.45, 7) is 9.59. The molecule has 1 aliphatic heterocycles. The number of hydrogen-bond donors (Lipinski definition) is 0. The van der Waals surface area contributed by atoms with Crippen LogP contribution < -0.4 is 4.74 Å². The van der Waals surface area contributed by atoms with E-state index < -0.39 is 0 Å². The van der Waals surface area contributed by atoms with Crippen LogP contribution in [0, 0.1) is 10.8 Å². The number of methoxy groups -OCH3 is 1. The van der Waals surface area contributed by atoms with Gasteiger partial charge in [0.25, 0.3) is 0 Å². The summed E-state index contributed by atoms with van der Waals surface area (Å²) in [5.74, 6) is 1.03. The zero-order valence-electron chi connectivity index (χ0n) is 15.4. The summed E-state index contributed by atoms with van der Waals surface area (Å²) >= 11 is 0. The second-order valence-electron chi connectivity index (χ2n) is 9.09. The predicted octanol–water partition coefficient (Wildman–Crippen LogP) is 5.25. The van der Waals surface area contributed by atoms with E-state index in [0.717, 1.165) is 12.3 Å². The molecular weight excluding hydrogens is 294 g/mol. The van der Waals surface area contributed by atoms with Crippen molar-refractivity contribution >= 4 is 10.8 Å². The van der Waals surface area contributed by atoms with Crippen LogP contribution in [0.2, 0.25) is 0 Å². The first kappa shape index (κ1) is 16.0. The average Bonchev–Trinajstić information content (AvgIpc) is 2.76. The van der Waals surface area contributed by atoms with Crippen LogP contribution in [0.4, 0.5) is 0 Å². The van der Waals surface area contributed by atoms with Gasteiger partial charge in [0.15, 0.2) is 0 Å². The fourth-order valence-corrected chi connectivity index (χ4v) is 5.63. The minimum Gasteiger partial charge on any atom is -0.496 e. The molecule has 128 valence electrons. The van der Waals surface area contributed by atoms with E-state index >= 15 is 0 Å². The van der Waals surface area contributed by atoms with E-state index in [0.29, 0.717) is 16.9 Å². The molecule has 2 aromatic rings. The van der Waals surface area contributed by atoms with Crippen LogP contribution in [-0.2, 0) is 6.54 Å². The summed E-state index contributed by atoms with van der Waals surface area (Å²) in [4.78, 5) is 2.72. The Hall–Kier alpha value is -1.54. The van der Waals surface area contributed by atoms with Crippen molar-refractivity contribution < 1.29 is 4.74 Å². The smallest absolute Gasteiger partial charge is 0.123 e. The van der Waals surface area contributed by atoms with Crippen molar-refractivity contribution in [2.75, 3.05) is 13.7 Å². The minimum absolute atomic E-state index is 0.468. The van der Waals surface area contributed by atoms with Gasteiger partial charge < -0.3 is 4.74 Å². The summed E-state index contributed by atoms with van der Waals surface area (Å²) in [6.07, 6.45) is 4.01. The van der Waals surface area contributed by atoms with Crippen molar-refractivity contribution in [1.29, 1.82) is 0 Å². The van der Waals surface area contributed by atoms with Crippen LogP contribution in [0.5, 0.6) is 5.75 Å². The molecule has 4 rings (SSSR count). The van der Waals surface area contributed by atoms with Crippen molar-refractivity contribution in [3.63, 3.8) is 0 Å². The second kappa shape index (κ2) is 5.49. The molecule has 2 aromatic carbocycles. The van der Waals surface area contributed by atoms with Crippen molar-refractivity contribution in [2.24, 2.45) is 10.8 Å². The van der Waals surface area contributed by atoms with Gasteiger partial charge in [-0.15, -0.1) is 0 Å². The molecule has 1 aliphatic carbocycles. The molecule has 2 fully saturated rings. The molecule has 2 aliphatic rings. The van der Waals surface area contributed by atoms with E-state index in [1.54, 1.807) is 7.11 Å². The van der Waals surface area contributed by atoms with E-state index in [4.69, 9.17) is 4.74 Å². The standard InChI is InChI=1S/C22H29NO/c1-21(2)11-17-12-22(3,14-21)15-23(17)13-19-18-8-6-5-7-16(18)9-10-20(19)24-4/h5-10,17H,11-15H2,1-4H3/t17-,22-/m1/s1. The predicted molar refractivity (Wildman–Crippen MR) is 100 cm³/mol. The van der Waals surface area contributed by atoms with Crippen molar-refractivity contribution in [3.05, 3.63) is 42.0 Å². The Morgan fingerprint density at radius 1 is 1.08 bits per heavy atom. The molecule has 1 heterocycles. The van der Waals surface area contributed by atoms with Crippen LogP contribution in [0.25, 0.3) is 10.8 Å². The van der Waals surface area contributed by atoms with E-state index in [-0.39, 0.29) is 0 Å². The molecule has 2 atom stereocenters. The monoisotopic (exact) mass is 323 g/mol. The molecule has 0 aromatic heterocycles. The van der Waals surface area contributed by atoms with Gasteiger partial charge in [-0.05, 0) is 46.9 Å². The van der Waals surface area contributed by atoms with E-state index in [2.05, 4.69) is 62.1 Å². The maximum Gasteiger partial charge on any atom is 0.123 e. The Morgan fingerprint density at radius 2 is 1.88 bits per heavy atom. The Kier molecular flexibility index (Phi) is 3.65. The number of ether oxygens (including phenoxy) is 1. The Morgan fingerprint density at radius 3 is 2.67 bits per heavy atom. The first-order valence-corrected chi connectivity index (χ1v) is 9.18. The third-order valence-electron chi connectivity index (χ3n) is 6.10. The normalized spacial score (nSPS) is 29.1. The number of hydrogen-bond acceptors (Lipinski definition) is 2. The summed E-state index contributed by atoms with van der Waals surface area (Å²) in [6, 6.07) is 13.7. The summed E-state index contributed by atoms with van der Waals surface area (Å²) < 4.78 is 5.71. The third kappa shape index (κ3) is 2.71. The Labute approximate surface area is 145 Å². The van der Waals surface area contributed by atoms with Crippen molar-refractivity contribution in [2.45, 2.75) is 52.6 Å². The molecule has 0 N–H and O–H groups in total. The summed E-state index contributed by atoms with van der Waals surface area (Å²) in [5.41, 5.74) is 2.30. The van der Waals surface area contributed by atoms with Crippen LogP contribution in [0.1, 0.15) is 45.6 Å². The fourth-order valence-electron chi connectivity index (χ4n) is 5.63. The minimum atomic E-state index is 0.468. The molecule has 2 bridgehead atoms. The van der Waals surface area contributed by atoms with Gasteiger partial charge in [-0.2, -0.15) is 0 Å². The lowest BCUT2D eigenvalue weighted by atomic mass is 9.65. The van der Waals surface area contributed by atoms with Gasteiger partial charge in [-0.25, -0.2) is 0 Å².